The van der Waals surface area contributed by atoms with E-state index < -0.39 is 11.9 Å². The molecule has 1 aliphatic rings. The average Bonchev–Trinajstić information content (AvgIpc) is 2.43. The van der Waals surface area contributed by atoms with Crippen LogP contribution < -0.4 is 4.74 Å². The van der Waals surface area contributed by atoms with E-state index in [9.17, 15) is 20.1 Å². The molecule has 1 atom stereocenters. The van der Waals surface area contributed by atoms with Crippen LogP contribution in [0.15, 0.2) is 36.4 Å². The Morgan fingerprint density at radius 2 is 1.75 bits per heavy atom. The molecule has 102 valence electrons. The smallest absolute Gasteiger partial charge is 0.201 e. The van der Waals surface area contributed by atoms with E-state index in [1.54, 1.807) is 18.2 Å². The summed E-state index contributed by atoms with van der Waals surface area (Å²) in [7, 11) is 0. The molecule has 0 aromatic heterocycles. The van der Waals surface area contributed by atoms with Crippen LogP contribution in [-0.4, -0.2) is 21.1 Å². The van der Waals surface area contributed by atoms with Gasteiger partial charge in [-0.15, -0.1) is 0 Å². The first kappa shape index (κ1) is 12.3. The van der Waals surface area contributed by atoms with Crippen LogP contribution in [0.2, 0.25) is 0 Å². The van der Waals surface area contributed by atoms with Crippen molar-refractivity contribution in [2.24, 2.45) is 0 Å². The molecule has 5 nitrogen and oxygen atoms in total. The van der Waals surface area contributed by atoms with Crippen molar-refractivity contribution < 1.29 is 24.9 Å². The first-order valence-electron chi connectivity index (χ1n) is 6.10. The highest BCUT2D eigenvalue weighted by atomic mass is 16.5. The summed E-state index contributed by atoms with van der Waals surface area (Å²) in [5, 5.41) is 29.1. The van der Waals surface area contributed by atoms with Crippen molar-refractivity contribution in [2.45, 2.75) is 12.5 Å². The van der Waals surface area contributed by atoms with Crippen molar-refractivity contribution in [1.82, 2.24) is 0 Å². The molecule has 1 heterocycles. The molecule has 0 fully saturated rings. The minimum absolute atomic E-state index is 0.0217. The summed E-state index contributed by atoms with van der Waals surface area (Å²) in [4.78, 5) is 12.1. The van der Waals surface area contributed by atoms with Gasteiger partial charge in [0.05, 0.1) is 12.0 Å². The minimum Gasteiger partial charge on any atom is -0.508 e. The van der Waals surface area contributed by atoms with Gasteiger partial charge in [0, 0.05) is 5.56 Å². The lowest BCUT2D eigenvalue weighted by molar-refractivity contribution is 0.0838. The van der Waals surface area contributed by atoms with Gasteiger partial charge in [-0.25, -0.2) is 0 Å². The van der Waals surface area contributed by atoms with Crippen LogP contribution in [0.1, 0.15) is 28.4 Å². The Morgan fingerprint density at radius 3 is 2.50 bits per heavy atom. The summed E-state index contributed by atoms with van der Waals surface area (Å²) in [6, 6.07) is 9.20. The topological polar surface area (TPSA) is 87.0 Å². The van der Waals surface area contributed by atoms with Gasteiger partial charge >= 0.3 is 0 Å². The monoisotopic (exact) mass is 272 g/mol. The zero-order valence-corrected chi connectivity index (χ0v) is 10.4. The van der Waals surface area contributed by atoms with Crippen molar-refractivity contribution in [3.05, 3.63) is 47.5 Å². The largest absolute Gasteiger partial charge is 0.508 e. The summed E-state index contributed by atoms with van der Waals surface area (Å²) in [5.74, 6) is -1.05. The first-order chi connectivity index (χ1) is 9.58. The van der Waals surface area contributed by atoms with Gasteiger partial charge in [-0.1, -0.05) is 18.2 Å². The van der Waals surface area contributed by atoms with Gasteiger partial charge in [0.1, 0.15) is 11.9 Å². The first-order valence-corrected chi connectivity index (χ1v) is 6.10. The second-order valence-corrected chi connectivity index (χ2v) is 4.60. The molecule has 1 unspecified atom stereocenters. The van der Waals surface area contributed by atoms with Crippen molar-refractivity contribution in [2.75, 3.05) is 0 Å². The van der Waals surface area contributed by atoms with Gasteiger partial charge in [0.25, 0.3) is 0 Å². The molecular weight excluding hydrogens is 260 g/mol. The molecule has 0 aliphatic carbocycles. The zero-order chi connectivity index (χ0) is 14.3. The van der Waals surface area contributed by atoms with Gasteiger partial charge in [-0.3, -0.25) is 4.79 Å². The third-order valence-electron chi connectivity index (χ3n) is 3.33. The Balaban J connectivity index is 2.07. The summed E-state index contributed by atoms with van der Waals surface area (Å²) in [5.41, 5.74) is 0.696. The highest BCUT2D eigenvalue weighted by Crippen LogP contribution is 2.45. The predicted molar refractivity (Wildman–Crippen MR) is 70.2 cm³/mol. The normalized spacial score (nSPS) is 17.4. The van der Waals surface area contributed by atoms with Gasteiger partial charge in [-0.05, 0) is 18.2 Å². The maximum atomic E-state index is 12.1. The fraction of sp³-hybridized carbons (Fsp3) is 0.133. The molecule has 2 aromatic carbocycles. The highest BCUT2D eigenvalue weighted by molar-refractivity contribution is 6.01. The number of benzene rings is 2. The quantitative estimate of drug-likeness (QED) is 0.694. The maximum Gasteiger partial charge on any atom is 0.201 e. The van der Waals surface area contributed by atoms with Gasteiger partial charge in [0.15, 0.2) is 17.3 Å². The third kappa shape index (κ3) is 1.84. The number of phenols is 3. The van der Waals surface area contributed by atoms with E-state index in [2.05, 4.69) is 0 Å². The van der Waals surface area contributed by atoms with Crippen molar-refractivity contribution in [3.63, 3.8) is 0 Å². The molecule has 3 N–H and O–H groups in total. The maximum absolute atomic E-state index is 12.1. The van der Waals surface area contributed by atoms with E-state index in [1.165, 1.54) is 18.2 Å². The Kier molecular flexibility index (Phi) is 2.75. The fourth-order valence-electron chi connectivity index (χ4n) is 2.30. The van der Waals surface area contributed by atoms with Crippen LogP contribution in [0.4, 0.5) is 0 Å². The Labute approximate surface area is 114 Å². The minimum atomic E-state index is -0.691. The number of hydrogen-bond acceptors (Lipinski definition) is 5. The molecule has 2 aromatic rings. The van der Waals surface area contributed by atoms with Crippen LogP contribution in [-0.2, 0) is 0 Å². The average molecular weight is 272 g/mol. The summed E-state index contributed by atoms with van der Waals surface area (Å²) in [6.45, 7) is 0. The fourth-order valence-corrected chi connectivity index (χ4v) is 2.30. The Hall–Kier alpha value is -2.69. The van der Waals surface area contributed by atoms with Gasteiger partial charge < -0.3 is 20.1 Å². The van der Waals surface area contributed by atoms with Crippen LogP contribution >= 0.6 is 0 Å². The number of phenolic OH excluding ortho intramolecular Hbond substituents is 3. The summed E-state index contributed by atoms with van der Waals surface area (Å²) in [6.07, 6.45) is -0.627. The number of hydrogen-bond donors (Lipinski definition) is 3. The van der Waals surface area contributed by atoms with E-state index in [1.807, 2.05) is 0 Å². The summed E-state index contributed by atoms with van der Waals surface area (Å²) < 4.78 is 5.59. The lowest BCUT2D eigenvalue weighted by Crippen LogP contribution is -2.20. The van der Waals surface area contributed by atoms with E-state index in [0.717, 1.165) is 0 Å². The molecular formula is C15H12O5. The predicted octanol–water partition coefficient (Wildman–Crippen LogP) is 2.51. The van der Waals surface area contributed by atoms with Crippen molar-refractivity contribution in [1.29, 1.82) is 0 Å². The summed E-state index contributed by atoms with van der Waals surface area (Å²) >= 11 is 0. The van der Waals surface area contributed by atoms with Crippen molar-refractivity contribution in [3.8, 4) is 23.0 Å². The Morgan fingerprint density at radius 1 is 1.00 bits per heavy atom. The molecule has 5 heteroatoms. The highest BCUT2D eigenvalue weighted by Gasteiger charge is 2.31. The van der Waals surface area contributed by atoms with Crippen molar-refractivity contribution >= 4 is 5.78 Å². The standard InChI is InChI=1S/C15H12O5/c16-10-4-2-1-3-8(10)13-7-12(18)9-5-6-11(17)14(19)15(9)20-13/h1-6,13,16-17,19H,7H2. The molecule has 3 rings (SSSR count). The van der Waals surface area contributed by atoms with Gasteiger partial charge in [-0.2, -0.15) is 0 Å². The zero-order valence-electron chi connectivity index (χ0n) is 10.4. The van der Waals surface area contributed by atoms with Gasteiger partial charge in [0.2, 0.25) is 5.75 Å². The molecule has 0 radical (unpaired) electrons. The van der Waals surface area contributed by atoms with E-state index in [0.29, 0.717) is 5.56 Å². The molecule has 0 amide bonds. The number of rotatable bonds is 1. The third-order valence-corrected chi connectivity index (χ3v) is 3.33. The second-order valence-electron chi connectivity index (χ2n) is 4.60. The molecule has 0 bridgehead atoms. The lowest BCUT2D eigenvalue weighted by Gasteiger charge is -2.26. The number of ether oxygens (including phenoxy) is 1. The molecule has 20 heavy (non-hydrogen) atoms. The van der Waals surface area contributed by atoms with Crippen LogP contribution in [0, 0.1) is 0 Å². The Bertz CT molecular complexity index is 693. The second kappa shape index (κ2) is 4.45. The van der Waals surface area contributed by atoms with E-state index >= 15 is 0 Å². The number of fused-ring (bicyclic) bond motifs is 1. The van der Waals surface area contributed by atoms with E-state index in [-0.39, 0.29) is 35.0 Å². The van der Waals surface area contributed by atoms with Crippen LogP contribution in [0.25, 0.3) is 0 Å². The van der Waals surface area contributed by atoms with E-state index in [4.69, 9.17) is 4.74 Å². The molecule has 1 aliphatic heterocycles. The molecule has 0 saturated carbocycles. The number of Topliss-reactive ketones (excluding diaryl/α,β-unsaturated/α-hetero) is 1. The number of para-hydroxylation sites is 1. The molecule has 0 saturated heterocycles. The number of carbonyl (C=O) groups excluding carboxylic acids is 1. The SMILES string of the molecule is O=C1CC(c2ccccc2O)Oc2c1ccc(O)c2O. The molecule has 0 spiro atoms. The van der Waals surface area contributed by atoms with Crippen LogP contribution in [0.3, 0.4) is 0 Å². The van der Waals surface area contributed by atoms with Crippen LogP contribution in [0.5, 0.6) is 23.0 Å². The number of carbonyl (C=O) groups is 1. The lowest BCUT2D eigenvalue weighted by atomic mass is 9.95. The number of ketones is 1. The number of aromatic hydroxyl groups is 3.